The Morgan fingerprint density at radius 3 is 2.43 bits per heavy atom. The number of Topliss-reactive ketones (excluding diaryl/α,β-unsaturated/α-hetero) is 1. The second-order valence-corrected chi connectivity index (χ2v) is 9.62. The Labute approximate surface area is 175 Å². The zero-order valence-corrected chi connectivity index (χ0v) is 17.2. The lowest BCUT2D eigenvalue weighted by Gasteiger charge is -2.08. The van der Waals surface area contributed by atoms with Crippen molar-refractivity contribution in [2.24, 2.45) is 0 Å². The molecule has 6 heteroatoms. The van der Waals surface area contributed by atoms with E-state index < -0.39 is 15.8 Å². The molecular weight excluding hydrogens is 400 g/mol. The summed E-state index contributed by atoms with van der Waals surface area (Å²) in [7, 11) is -3.21. The van der Waals surface area contributed by atoms with Gasteiger partial charge in [-0.2, -0.15) is 0 Å². The Bertz CT molecular complexity index is 1260. The maximum Gasteiger partial charge on any atom is 0.338 e. The predicted molar refractivity (Wildman–Crippen MR) is 114 cm³/mol. The van der Waals surface area contributed by atoms with E-state index in [1.165, 1.54) is 23.3 Å². The molecule has 0 radical (unpaired) electrons. The summed E-state index contributed by atoms with van der Waals surface area (Å²) < 4.78 is 28.1. The molecule has 1 aliphatic carbocycles. The van der Waals surface area contributed by atoms with Crippen LogP contribution in [0.4, 0.5) is 0 Å². The van der Waals surface area contributed by atoms with E-state index in [1.807, 2.05) is 30.3 Å². The number of esters is 1. The quantitative estimate of drug-likeness (QED) is 0.350. The summed E-state index contributed by atoms with van der Waals surface area (Å²) >= 11 is 0. The smallest absolute Gasteiger partial charge is 0.338 e. The van der Waals surface area contributed by atoms with Gasteiger partial charge in [-0.3, -0.25) is 4.79 Å². The normalized spacial score (nSPS) is 12.2. The van der Waals surface area contributed by atoms with Crippen LogP contribution >= 0.6 is 0 Å². The van der Waals surface area contributed by atoms with E-state index in [2.05, 4.69) is 6.07 Å². The standard InChI is InChI=1S/C24H20O5S/c1-30(27,28)15-16-5-4-7-20(11-16)24(26)29-14-23(25)19-10-9-18-12-17-6-2-3-8-21(17)22(18)13-19/h2-11,13H,12,14-15H2,1H3. The first-order chi connectivity index (χ1) is 14.3. The highest BCUT2D eigenvalue weighted by atomic mass is 32.2. The lowest BCUT2D eigenvalue weighted by atomic mass is 10.0. The zero-order chi connectivity index (χ0) is 21.3. The maximum absolute atomic E-state index is 12.6. The molecule has 5 nitrogen and oxygen atoms in total. The fourth-order valence-corrected chi connectivity index (χ4v) is 4.47. The van der Waals surface area contributed by atoms with Crippen LogP contribution in [0.25, 0.3) is 11.1 Å². The third kappa shape index (κ3) is 4.33. The van der Waals surface area contributed by atoms with Gasteiger partial charge in [-0.25, -0.2) is 13.2 Å². The first-order valence-corrected chi connectivity index (χ1v) is 11.5. The number of hydrogen-bond donors (Lipinski definition) is 0. The van der Waals surface area contributed by atoms with Crippen molar-refractivity contribution in [2.75, 3.05) is 12.9 Å². The molecule has 152 valence electrons. The first kappa shape index (κ1) is 20.0. The fraction of sp³-hybridized carbons (Fsp3) is 0.167. The van der Waals surface area contributed by atoms with Gasteiger partial charge in [0.25, 0.3) is 0 Å². The Morgan fingerprint density at radius 2 is 1.63 bits per heavy atom. The molecule has 0 saturated heterocycles. The summed E-state index contributed by atoms with van der Waals surface area (Å²) in [6, 6.07) is 19.9. The molecular formula is C24H20O5S. The molecule has 0 heterocycles. The van der Waals surface area contributed by atoms with Crippen molar-refractivity contribution < 1.29 is 22.7 Å². The van der Waals surface area contributed by atoms with Crippen molar-refractivity contribution in [3.8, 4) is 11.1 Å². The number of ketones is 1. The van der Waals surface area contributed by atoms with Gasteiger partial charge in [-0.05, 0) is 52.4 Å². The lowest BCUT2D eigenvalue weighted by Crippen LogP contribution is -2.14. The molecule has 0 fully saturated rings. The van der Waals surface area contributed by atoms with E-state index in [0.29, 0.717) is 11.1 Å². The van der Waals surface area contributed by atoms with Crippen LogP contribution in [0.5, 0.6) is 0 Å². The number of ether oxygens (including phenoxy) is 1. The number of carbonyl (C=O) groups is 2. The highest BCUT2D eigenvalue weighted by Crippen LogP contribution is 2.36. The molecule has 0 amide bonds. The molecule has 0 aromatic heterocycles. The summed E-state index contributed by atoms with van der Waals surface area (Å²) in [6.07, 6.45) is 1.98. The molecule has 0 atom stereocenters. The molecule has 0 spiro atoms. The Balaban J connectivity index is 1.45. The molecule has 0 aliphatic heterocycles. The third-order valence-electron chi connectivity index (χ3n) is 5.05. The largest absolute Gasteiger partial charge is 0.454 e. The first-order valence-electron chi connectivity index (χ1n) is 9.48. The van der Waals surface area contributed by atoms with E-state index in [0.717, 1.165) is 23.8 Å². The van der Waals surface area contributed by atoms with Crippen LogP contribution < -0.4 is 0 Å². The monoisotopic (exact) mass is 420 g/mol. The number of sulfone groups is 1. The number of hydrogen-bond acceptors (Lipinski definition) is 5. The second kappa shape index (κ2) is 7.88. The summed E-state index contributed by atoms with van der Waals surface area (Å²) in [6.45, 7) is -0.379. The van der Waals surface area contributed by atoms with Crippen LogP contribution in [-0.2, 0) is 26.7 Å². The predicted octanol–water partition coefficient (Wildman–Crippen LogP) is 3.84. The van der Waals surface area contributed by atoms with Crippen molar-refractivity contribution in [1.29, 1.82) is 0 Å². The van der Waals surface area contributed by atoms with Gasteiger partial charge in [0.1, 0.15) is 0 Å². The van der Waals surface area contributed by atoms with Gasteiger partial charge in [-0.15, -0.1) is 0 Å². The van der Waals surface area contributed by atoms with E-state index in [9.17, 15) is 18.0 Å². The van der Waals surface area contributed by atoms with Gasteiger partial charge in [0, 0.05) is 11.8 Å². The van der Waals surface area contributed by atoms with Crippen LogP contribution in [0.3, 0.4) is 0 Å². The van der Waals surface area contributed by atoms with Crippen LogP contribution in [0.1, 0.15) is 37.4 Å². The average Bonchev–Trinajstić information content (AvgIpc) is 3.08. The summed E-state index contributed by atoms with van der Waals surface area (Å²) in [5.74, 6) is -1.11. The molecule has 3 aromatic rings. The molecule has 0 N–H and O–H groups in total. The van der Waals surface area contributed by atoms with Gasteiger partial charge in [0.05, 0.1) is 11.3 Å². The number of carbonyl (C=O) groups excluding carboxylic acids is 2. The zero-order valence-electron chi connectivity index (χ0n) is 16.4. The summed E-state index contributed by atoms with van der Waals surface area (Å²) in [5, 5.41) is 0. The van der Waals surface area contributed by atoms with Crippen LogP contribution in [-0.4, -0.2) is 33.0 Å². The van der Waals surface area contributed by atoms with Gasteiger partial charge < -0.3 is 4.74 Å². The van der Waals surface area contributed by atoms with Crippen molar-refractivity contribution in [1.82, 2.24) is 0 Å². The minimum absolute atomic E-state index is 0.163. The van der Waals surface area contributed by atoms with Gasteiger partial charge in [0.2, 0.25) is 0 Å². The van der Waals surface area contributed by atoms with Gasteiger partial charge >= 0.3 is 5.97 Å². The summed E-state index contributed by atoms with van der Waals surface area (Å²) in [5.41, 5.74) is 5.77. The number of benzene rings is 3. The maximum atomic E-state index is 12.6. The van der Waals surface area contributed by atoms with Crippen LogP contribution in [0.2, 0.25) is 0 Å². The third-order valence-corrected chi connectivity index (χ3v) is 5.90. The second-order valence-electron chi connectivity index (χ2n) is 7.48. The molecule has 3 aromatic carbocycles. The Hall–Kier alpha value is -3.25. The van der Waals surface area contributed by atoms with Crippen molar-refractivity contribution in [2.45, 2.75) is 12.2 Å². The van der Waals surface area contributed by atoms with E-state index in [-0.39, 0.29) is 23.7 Å². The van der Waals surface area contributed by atoms with Gasteiger partial charge in [0.15, 0.2) is 22.2 Å². The summed E-state index contributed by atoms with van der Waals surface area (Å²) in [4.78, 5) is 24.9. The fourth-order valence-electron chi connectivity index (χ4n) is 3.69. The molecule has 0 bridgehead atoms. The highest BCUT2D eigenvalue weighted by Gasteiger charge is 2.20. The Morgan fingerprint density at radius 1 is 0.867 bits per heavy atom. The van der Waals surface area contributed by atoms with E-state index in [1.54, 1.807) is 18.2 Å². The molecule has 0 unspecified atom stereocenters. The topological polar surface area (TPSA) is 77.5 Å². The van der Waals surface area contributed by atoms with Crippen molar-refractivity contribution in [3.63, 3.8) is 0 Å². The van der Waals surface area contributed by atoms with E-state index in [4.69, 9.17) is 4.74 Å². The minimum atomic E-state index is -3.21. The van der Waals surface area contributed by atoms with E-state index >= 15 is 0 Å². The SMILES string of the molecule is CS(=O)(=O)Cc1cccc(C(=O)OCC(=O)c2ccc3c(c2)-c2ccccc2C3)c1. The number of rotatable bonds is 6. The van der Waals surface area contributed by atoms with Gasteiger partial charge in [-0.1, -0.05) is 48.5 Å². The molecule has 30 heavy (non-hydrogen) atoms. The van der Waals surface area contributed by atoms with Crippen molar-refractivity contribution in [3.05, 3.63) is 94.5 Å². The minimum Gasteiger partial charge on any atom is -0.454 e. The van der Waals surface area contributed by atoms with Crippen molar-refractivity contribution >= 4 is 21.6 Å². The molecule has 0 saturated carbocycles. The lowest BCUT2D eigenvalue weighted by molar-refractivity contribution is 0.0474. The molecule has 4 rings (SSSR count). The Kier molecular flexibility index (Phi) is 5.26. The molecule has 1 aliphatic rings. The van der Waals surface area contributed by atoms with Crippen LogP contribution in [0.15, 0.2) is 66.7 Å². The average molecular weight is 420 g/mol. The number of fused-ring (bicyclic) bond motifs is 3. The highest BCUT2D eigenvalue weighted by molar-refractivity contribution is 7.89. The van der Waals surface area contributed by atoms with Crippen LogP contribution in [0, 0.1) is 0 Å².